The molecule has 1 heterocycles. The molecule has 1 N–H and O–H groups in total. The van der Waals surface area contributed by atoms with Crippen molar-refractivity contribution >= 4 is 5.91 Å². The standard InChI is InChI=1S/C17H34N2O/c1-7-8-14-9-15(18-10-13(2)3)12-19(11-14)16(20)17(4,5)6/h13-15,18H,7-12H2,1-6H3. The molecular formula is C17H34N2O. The van der Waals surface area contributed by atoms with E-state index in [0.29, 0.717) is 23.8 Å². The van der Waals surface area contributed by atoms with Gasteiger partial charge < -0.3 is 10.2 Å². The van der Waals surface area contributed by atoms with Crippen molar-refractivity contribution in [1.29, 1.82) is 0 Å². The Morgan fingerprint density at radius 1 is 1.30 bits per heavy atom. The number of nitrogens with one attached hydrogen (secondary N) is 1. The predicted molar refractivity (Wildman–Crippen MR) is 85.7 cm³/mol. The molecule has 0 aromatic heterocycles. The van der Waals surface area contributed by atoms with Crippen LogP contribution in [0.1, 0.15) is 60.8 Å². The lowest BCUT2D eigenvalue weighted by atomic mass is 9.87. The van der Waals surface area contributed by atoms with Gasteiger partial charge in [-0.1, -0.05) is 48.0 Å². The molecule has 0 aliphatic carbocycles. The number of nitrogens with zero attached hydrogens (tertiary/aromatic N) is 1. The summed E-state index contributed by atoms with van der Waals surface area (Å²) in [5, 5.41) is 3.65. The third-order valence-electron chi connectivity index (χ3n) is 3.98. The van der Waals surface area contributed by atoms with Gasteiger partial charge in [0, 0.05) is 24.5 Å². The van der Waals surface area contributed by atoms with Gasteiger partial charge in [0.1, 0.15) is 0 Å². The number of hydrogen-bond donors (Lipinski definition) is 1. The fourth-order valence-electron chi connectivity index (χ4n) is 3.01. The molecule has 0 radical (unpaired) electrons. The van der Waals surface area contributed by atoms with E-state index in [2.05, 4.69) is 31.0 Å². The largest absolute Gasteiger partial charge is 0.340 e. The van der Waals surface area contributed by atoms with Crippen LogP contribution in [0.4, 0.5) is 0 Å². The van der Waals surface area contributed by atoms with Crippen LogP contribution in [-0.2, 0) is 4.79 Å². The molecule has 1 rings (SSSR count). The Labute approximate surface area is 125 Å². The molecule has 0 spiro atoms. The van der Waals surface area contributed by atoms with Crippen molar-refractivity contribution in [1.82, 2.24) is 10.2 Å². The van der Waals surface area contributed by atoms with Gasteiger partial charge >= 0.3 is 0 Å². The van der Waals surface area contributed by atoms with Crippen LogP contribution >= 0.6 is 0 Å². The van der Waals surface area contributed by atoms with Crippen LogP contribution in [0.3, 0.4) is 0 Å². The van der Waals surface area contributed by atoms with Gasteiger partial charge in [0.2, 0.25) is 5.91 Å². The van der Waals surface area contributed by atoms with Gasteiger partial charge in [-0.25, -0.2) is 0 Å². The van der Waals surface area contributed by atoms with Crippen LogP contribution < -0.4 is 5.32 Å². The summed E-state index contributed by atoms with van der Waals surface area (Å²) in [5.41, 5.74) is -0.267. The second-order valence-corrected chi connectivity index (χ2v) is 7.85. The maximum absolute atomic E-state index is 12.6. The number of hydrogen-bond acceptors (Lipinski definition) is 2. The van der Waals surface area contributed by atoms with Gasteiger partial charge in [0.15, 0.2) is 0 Å². The topological polar surface area (TPSA) is 32.3 Å². The van der Waals surface area contributed by atoms with E-state index in [1.807, 2.05) is 20.8 Å². The summed E-state index contributed by atoms with van der Waals surface area (Å²) in [6.45, 7) is 15.6. The van der Waals surface area contributed by atoms with Crippen LogP contribution in [0.15, 0.2) is 0 Å². The van der Waals surface area contributed by atoms with Crippen LogP contribution in [0, 0.1) is 17.3 Å². The zero-order chi connectivity index (χ0) is 15.3. The number of carbonyl (C=O) groups is 1. The molecular weight excluding hydrogens is 248 g/mol. The first-order valence-electron chi connectivity index (χ1n) is 8.26. The molecule has 0 aromatic rings. The highest BCUT2D eigenvalue weighted by Crippen LogP contribution is 2.26. The van der Waals surface area contributed by atoms with E-state index in [0.717, 1.165) is 19.6 Å². The summed E-state index contributed by atoms with van der Waals surface area (Å²) in [6, 6.07) is 0.467. The second kappa shape index (κ2) is 7.44. The third kappa shape index (κ3) is 5.43. The van der Waals surface area contributed by atoms with E-state index in [1.165, 1.54) is 19.3 Å². The summed E-state index contributed by atoms with van der Waals surface area (Å²) >= 11 is 0. The van der Waals surface area contributed by atoms with E-state index in [1.54, 1.807) is 0 Å². The molecule has 0 bridgehead atoms. The van der Waals surface area contributed by atoms with Crippen LogP contribution in [-0.4, -0.2) is 36.5 Å². The Kier molecular flexibility index (Phi) is 6.50. The van der Waals surface area contributed by atoms with Crippen molar-refractivity contribution < 1.29 is 4.79 Å². The highest BCUT2D eigenvalue weighted by atomic mass is 16.2. The first kappa shape index (κ1) is 17.5. The minimum absolute atomic E-state index is 0.267. The number of piperidine rings is 1. The zero-order valence-electron chi connectivity index (χ0n) is 14.3. The van der Waals surface area contributed by atoms with Crippen molar-refractivity contribution in [2.45, 2.75) is 66.8 Å². The smallest absolute Gasteiger partial charge is 0.228 e. The van der Waals surface area contributed by atoms with Crippen molar-refractivity contribution in [2.75, 3.05) is 19.6 Å². The quantitative estimate of drug-likeness (QED) is 0.839. The molecule has 1 saturated heterocycles. The predicted octanol–water partition coefficient (Wildman–Crippen LogP) is 3.30. The van der Waals surface area contributed by atoms with Crippen LogP contribution in [0.2, 0.25) is 0 Å². The Balaban J connectivity index is 2.67. The normalized spacial score (nSPS) is 24.2. The van der Waals surface area contributed by atoms with E-state index in [9.17, 15) is 4.79 Å². The summed E-state index contributed by atoms with van der Waals surface area (Å²) in [4.78, 5) is 14.7. The summed E-state index contributed by atoms with van der Waals surface area (Å²) < 4.78 is 0. The molecule has 1 amide bonds. The van der Waals surface area contributed by atoms with Crippen molar-refractivity contribution in [2.24, 2.45) is 17.3 Å². The van der Waals surface area contributed by atoms with E-state index >= 15 is 0 Å². The molecule has 2 atom stereocenters. The fourth-order valence-corrected chi connectivity index (χ4v) is 3.01. The lowest BCUT2D eigenvalue weighted by molar-refractivity contribution is -0.142. The lowest BCUT2D eigenvalue weighted by Crippen LogP contribution is -2.54. The maximum Gasteiger partial charge on any atom is 0.228 e. The van der Waals surface area contributed by atoms with Gasteiger partial charge in [0.25, 0.3) is 0 Å². The van der Waals surface area contributed by atoms with Crippen molar-refractivity contribution in [3.63, 3.8) is 0 Å². The highest BCUT2D eigenvalue weighted by Gasteiger charge is 2.34. The zero-order valence-corrected chi connectivity index (χ0v) is 14.3. The monoisotopic (exact) mass is 282 g/mol. The summed E-state index contributed by atoms with van der Waals surface area (Å²) in [6.07, 6.45) is 3.65. The first-order valence-corrected chi connectivity index (χ1v) is 8.26. The molecule has 1 fully saturated rings. The highest BCUT2D eigenvalue weighted by molar-refractivity contribution is 5.81. The Hall–Kier alpha value is -0.570. The lowest BCUT2D eigenvalue weighted by Gasteiger charge is -2.41. The van der Waals surface area contributed by atoms with E-state index in [-0.39, 0.29) is 5.41 Å². The van der Waals surface area contributed by atoms with E-state index in [4.69, 9.17) is 0 Å². The Bertz CT molecular complexity index is 307. The SMILES string of the molecule is CCCC1CC(NCC(C)C)CN(C(=O)C(C)(C)C)C1. The fraction of sp³-hybridized carbons (Fsp3) is 0.941. The molecule has 0 saturated carbocycles. The first-order chi connectivity index (χ1) is 9.24. The van der Waals surface area contributed by atoms with Gasteiger partial charge in [-0.2, -0.15) is 0 Å². The molecule has 20 heavy (non-hydrogen) atoms. The van der Waals surface area contributed by atoms with Gasteiger partial charge in [-0.05, 0) is 31.2 Å². The van der Waals surface area contributed by atoms with Crippen molar-refractivity contribution in [3.05, 3.63) is 0 Å². The molecule has 3 nitrogen and oxygen atoms in total. The van der Waals surface area contributed by atoms with Gasteiger partial charge in [-0.3, -0.25) is 4.79 Å². The summed E-state index contributed by atoms with van der Waals surface area (Å²) in [7, 11) is 0. The summed E-state index contributed by atoms with van der Waals surface area (Å²) in [5.74, 6) is 1.62. The second-order valence-electron chi connectivity index (χ2n) is 7.85. The molecule has 3 heteroatoms. The molecule has 1 aliphatic heterocycles. The van der Waals surface area contributed by atoms with Gasteiger partial charge in [0.05, 0.1) is 0 Å². The third-order valence-corrected chi connectivity index (χ3v) is 3.98. The number of amides is 1. The van der Waals surface area contributed by atoms with Crippen molar-refractivity contribution in [3.8, 4) is 0 Å². The molecule has 1 aliphatic rings. The number of likely N-dealkylation sites (tertiary alicyclic amines) is 1. The Morgan fingerprint density at radius 2 is 1.95 bits per heavy atom. The minimum atomic E-state index is -0.267. The van der Waals surface area contributed by atoms with Crippen LogP contribution in [0.25, 0.3) is 0 Å². The van der Waals surface area contributed by atoms with Crippen LogP contribution in [0.5, 0.6) is 0 Å². The minimum Gasteiger partial charge on any atom is -0.340 e. The molecule has 0 aromatic carbocycles. The molecule has 118 valence electrons. The average molecular weight is 282 g/mol. The number of carbonyl (C=O) groups excluding carboxylic acids is 1. The Morgan fingerprint density at radius 3 is 2.45 bits per heavy atom. The van der Waals surface area contributed by atoms with Gasteiger partial charge in [-0.15, -0.1) is 0 Å². The van der Waals surface area contributed by atoms with E-state index < -0.39 is 0 Å². The maximum atomic E-state index is 12.6. The average Bonchev–Trinajstić information content (AvgIpc) is 2.34. The molecule has 2 unspecified atom stereocenters. The number of rotatable bonds is 5.